The van der Waals surface area contributed by atoms with Gasteiger partial charge in [0.1, 0.15) is 23.0 Å². The van der Waals surface area contributed by atoms with Gasteiger partial charge in [-0.05, 0) is 72.9 Å². The maximum absolute atomic E-state index is 9.94. The first-order chi connectivity index (χ1) is 10.5. The Balaban J connectivity index is 1.95. The number of aryl methyl sites for hydroxylation is 4. The van der Waals surface area contributed by atoms with Crippen LogP contribution in [0.25, 0.3) is 0 Å². The molecule has 22 heavy (non-hydrogen) atoms. The van der Waals surface area contributed by atoms with Gasteiger partial charge in [-0.1, -0.05) is 0 Å². The highest BCUT2D eigenvalue weighted by atomic mass is 16.3. The fourth-order valence-corrected chi connectivity index (χ4v) is 3.09. The number of rotatable bonds is 0. The number of phenolic OH excluding ortho intramolecular Hbond substituents is 4. The van der Waals surface area contributed by atoms with Crippen molar-refractivity contribution in [2.75, 3.05) is 0 Å². The zero-order valence-electron chi connectivity index (χ0n) is 12.3. The first-order valence-electron chi connectivity index (χ1n) is 7.62. The lowest BCUT2D eigenvalue weighted by atomic mass is 9.94. The van der Waals surface area contributed by atoms with Gasteiger partial charge in [-0.2, -0.15) is 0 Å². The molecule has 0 aliphatic heterocycles. The molecule has 2 aromatic carbocycles. The van der Waals surface area contributed by atoms with Gasteiger partial charge in [0.15, 0.2) is 0 Å². The quantitative estimate of drug-likeness (QED) is 0.602. The van der Waals surface area contributed by atoms with Crippen molar-refractivity contribution in [2.24, 2.45) is 0 Å². The minimum absolute atomic E-state index is 0.119. The van der Waals surface area contributed by atoms with Crippen LogP contribution in [0, 0.1) is 0 Å². The zero-order valence-corrected chi connectivity index (χ0v) is 12.3. The summed E-state index contributed by atoms with van der Waals surface area (Å²) in [5.41, 5.74) is 3.30. The Morgan fingerprint density at radius 1 is 0.455 bits per heavy atom. The third-order valence-corrected chi connectivity index (χ3v) is 4.34. The lowest BCUT2D eigenvalue weighted by Crippen LogP contribution is -1.99. The molecule has 0 atom stereocenters. The molecule has 0 aromatic heterocycles. The van der Waals surface area contributed by atoms with Crippen molar-refractivity contribution < 1.29 is 20.4 Å². The Hall–Kier alpha value is -2.36. The number of phenols is 4. The minimum atomic E-state index is 0.119. The van der Waals surface area contributed by atoms with E-state index in [1.807, 2.05) is 12.1 Å². The van der Waals surface area contributed by atoms with Crippen LogP contribution in [0.2, 0.25) is 0 Å². The van der Waals surface area contributed by atoms with E-state index in [0.717, 1.165) is 35.1 Å². The van der Waals surface area contributed by atoms with E-state index in [1.165, 1.54) is 12.1 Å². The third-order valence-electron chi connectivity index (χ3n) is 4.34. The predicted molar refractivity (Wildman–Crippen MR) is 83.6 cm³/mol. The molecule has 0 unspecified atom stereocenters. The molecule has 0 radical (unpaired) electrons. The second-order valence-corrected chi connectivity index (χ2v) is 5.93. The van der Waals surface area contributed by atoms with Crippen molar-refractivity contribution in [3.8, 4) is 23.0 Å². The van der Waals surface area contributed by atoms with E-state index in [0.29, 0.717) is 25.7 Å². The first-order valence-corrected chi connectivity index (χ1v) is 7.62. The van der Waals surface area contributed by atoms with E-state index < -0.39 is 0 Å². The van der Waals surface area contributed by atoms with E-state index in [9.17, 15) is 20.4 Å². The highest BCUT2D eigenvalue weighted by Crippen LogP contribution is 2.33. The Kier molecular flexibility index (Phi) is 3.84. The smallest absolute Gasteiger partial charge is 0.122 e. The Morgan fingerprint density at radius 3 is 1.00 bits per heavy atom. The molecule has 1 aliphatic rings. The zero-order chi connectivity index (χ0) is 15.7. The molecule has 0 amide bonds. The Morgan fingerprint density at radius 2 is 0.727 bits per heavy atom. The normalized spacial score (nSPS) is 14.9. The summed E-state index contributed by atoms with van der Waals surface area (Å²) in [4.78, 5) is 0. The molecule has 4 N–H and O–H groups in total. The molecule has 0 fully saturated rings. The molecule has 4 heteroatoms. The van der Waals surface area contributed by atoms with E-state index in [4.69, 9.17) is 0 Å². The van der Waals surface area contributed by atoms with Gasteiger partial charge in [0, 0.05) is 12.1 Å². The summed E-state index contributed by atoms with van der Waals surface area (Å²) < 4.78 is 0. The monoisotopic (exact) mass is 300 g/mol. The summed E-state index contributed by atoms with van der Waals surface area (Å²) in [5.74, 6) is 0.478. The van der Waals surface area contributed by atoms with Crippen LogP contribution in [-0.2, 0) is 25.7 Å². The lowest BCUT2D eigenvalue weighted by Gasteiger charge is -2.14. The molecule has 4 nitrogen and oxygen atoms in total. The van der Waals surface area contributed by atoms with E-state index in [2.05, 4.69) is 0 Å². The summed E-state index contributed by atoms with van der Waals surface area (Å²) in [6.45, 7) is 0. The van der Waals surface area contributed by atoms with Crippen LogP contribution in [0.5, 0.6) is 23.0 Å². The van der Waals surface area contributed by atoms with Gasteiger partial charge in [0.2, 0.25) is 0 Å². The van der Waals surface area contributed by atoms with E-state index in [1.54, 1.807) is 0 Å². The van der Waals surface area contributed by atoms with Gasteiger partial charge in [0.05, 0.1) is 0 Å². The summed E-state index contributed by atoms with van der Waals surface area (Å²) in [6, 6.07) is 6.54. The molecule has 4 bridgehead atoms. The molecule has 3 rings (SSSR count). The molecular weight excluding hydrogens is 280 g/mol. The number of benzene rings is 2. The lowest BCUT2D eigenvalue weighted by molar-refractivity contribution is 0.436. The van der Waals surface area contributed by atoms with Crippen molar-refractivity contribution in [1.82, 2.24) is 0 Å². The first kappa shape index (κ1) is 14.6. The van der Waals surface area contributed by atoms with Gasteiger partial charge in [0.25, 0.3) is 0 Å². The highest BCUT2D eigenvalue weighted by Gasteiger charge is 2.13. The van der Waals surface area contributed by atoms with Crippen molar-refractivity contribution in [2.45, 2.75) is 38.5 Å². The van der Waals surface area contributed by atoms with Crippen LogP contribution in [0.4, 0.5) is 0 Å². The van der Waals surface area contributed by atoms with Crippen LogP contribution < -0.4 is 0 Å². The fraction of sp³-hybridized carbons (Fsp3) is 0.333. The Labute approximate surface area is 129 Å². The Bertz CT molecular complexity index is 595. The highest BCUT2D eigenvalue weighted by molar-refractivity contribution is 5.47. The van der Waals surface area contributed by atoms with Crippen LogP contribution in [0.3, 0.4) is 0 Å². The molecule has 1 aliphatic carbocycles. The number of hydrogen-bond donors (Lipinski definition) is 4. The molecule has 0 saturated heterocycles. The SMILES string of the molecule is Oc1cc(O)c2cc1CCCc1cc(c(O)cc1O)CCC2. The molecule has 0 heterocycles. The van der Waals surface area contributed by atoms with Crippen LogP contribution in [0.1, 0.15) is 35.1 Å². The molecule has 2 aromatic rings. The fourth-order valence-electron chi connectivity index (χ4n) is 3.09. The molecule has 0 saturated carbocycles. The predicted octanol–water partition coefficient (Wildman–Crippen LogP) is 3.17. The van der Waals surface area contributed by atoms with Gasteiger partial charge in [-0.3, -0.25) is 0 Å². The average Bonchev–Trinajstić information content (AvgIpc) is 2.45. The van der Waals surface area contributed by atoms with E-state index in [-0.39, 0.29) is 23.0 Å². The topological polar surface area (TPSA) is 80.9 Å². The standard InChI is InChI=1S/C18H20O4/c19-15-9-17(21)13-5-2-6-14-8-12(16(20)10-18(14)22)4-1-3-11(15)7-13/h7-10,19-22H,1-6H2. The minimum Gasteiger partial charge on any atom is -0.508 e. The van der Waals surface area contributed by atoms with Crippen molar-refractivity contribution in [3.63, 3.8) is 0 Å². The second kappa shape index (κ2) is 5.79. The van der Waals surface area contributed by atoms with Gasteiger partial charge >= 0.3 is 0 Å². The average molecular weight is 300 g/mol. The number of hydrogen-bond acceptors (Lipinski definition) is 4. The summed E-state index contributed by atoms with van der Waals surface area (Å²) >= 11 is 0. The number of fused-ring (bicyclic) bond motifs is 4. The van der Waals surface area contributed by atoms with Crippen LogP contribution >= 0.6 is 0 Å². The van der Waals surface area contributed by atoms with Crippen LogP contribution in [0.15, 0.2) is 24.3 Å². The summed E-state index contributed by atoms with van der Waals surface area (Å²) in [5, 5.41) is 39.8. The van der Waals surface area contributed by atoms with E-state index >= 15 is 0 Å². The van der Waals surface area contributed by atoms with Crippen LogP contribution in [-0.4, -0.2) is 20.4 Å². The second-order valence-electron chi connectivity index (χ2n) is 5.93. The largest absolute Gasteiger partial charge is 0.508 e. The van der Waals surface area contributed by atoms with Gasteiger partial charge in [-0.15, -0.1) is 0 Å². The molecule has 116 valence electrons. The van der Waals surface area contributed by atoms with Gasteiger partial charge < -0.3 is 20.4 Å². The van der Waals surface area contributed by atoms with Crippen molar-refractivity contribution in [1.29, 1.82) is 0 Å². The van der Waals surface area contributed by atoms with Gasteiger partial charge in [-0.25, -0.2) is 0 Å². The third kappa shape index (κ3) is 2.82. The summed E-state index contributed by atoms with van der Waals surface area (Å²) in [6.07, 6.45) is 4.25. The molecule has 0 spiro atoms. The maximum Gasteiger partial charge on any atom is 0.122 e. The van der Waals surface area contributed by atoms with Crippen molar-refractivity contribution in [3.05, 3.63) is 46.5 Å². The maximum atomic E-state index is 9.94. The molecular formula is C18H20O4. The number of aromatic hydroxyl groups is 4. The van der Waals surface area contributed by atoms with Crippen molar-refractivity contribution >= 4 is 0 Å². The summed E-state index contributed by atoms with van der Waals surface area (Å²) in [7, 11) is 0.